The van der Waals surface area contributed by atoms with Crippen LogP contribution in [0.4, 0.5) is 18.9 Å². The number of carbonyl (C=O) groups is 1. The molecule has 0 atom stereocenters. The Balaban J connectivity index is 3.11. The lowest BCUT2D eigenvalue weighted by molar-refractivity contribution is -0.137. The molecule has 1 aromatic carbocycles. The van der Waals surface area contributed by atoms with Gasteiger partial charge in [-0.2, -0.15) is 13.2 Å². The maximum Gasteiger partial charge on any atom is 0.416 e. The van der Waals surface area contributed by atoms with Gasteiger partial charge in [-0.1, -0.05) is 11.6 Å². The fourth-order valence-corrected chi connectivity index (χ4v) is 2.27. The van der Waals surface area contributed by atoms with Crippen molar-refractivity contribution in [2.24, 2.45) is 0 Å². The van der Waals surface area contributed by atoms with Crippen molar-refractivity contribution in [3.8, 4) is 0 Å². The van der Waals surface area contributed by atoms with Gasteiger partial charge in [0.05, 0.1) is 16.3 Å². The largest absolute Gasteiger partial charge is 0.480 e. The molecule has 0 aromatic heterocycles. The van der Waals surface area contributed by atoms with E-state index < -0.39 is 39.2 Å². The van der Waals surface area contributed by atoms with E-state index in [0.29, 0.717) is 12.1 Å². The van der Waals surface area contributed by atoms with E-state index in [4.69, 9.17) is 16.7 Å². The summed E-state index contributed by atoms with van der Waals surface area (Å²) in [6.07, 6.45) is -4.67. The molecule has 2 N–H and O–H groups in total. The molecule has 0 radical (unpaired) electrons. The summed E-state index contributed by atoms with van der Waals surface area (Å²) in [5.74, 6) is -2.92. The lowest BCUT2D eigenvalue weighted by Crippen LogP contribution is -2.22. The van der Waals surface area contributed by atoms with Crippen LogP contribution in [0.3, 0.4) is 0 Å². The summed E-state index contributed by atoms with van der Waals surface area (Å²) in [5, 5.41) is 8.07. The van der Waals surface area contributed by atoms with E-state index in [9.17, 15) is 26.4 Å². The van der Waals surface area contributed by atoms with Crippen molar-refractivity contribution in [3.05, 3.63) is 28.8 Å². The van der Waals surface area contributed by atoms with Gasteiger partial charge < -0.3 is 5.11 Å². The van der Waals surface area contributed by atoms with Gasteiger partial charge in [0.1, 0.15) is 0 Å². The van der Waals surface area contributed by atoms with Crippen LogP contribution >= 0.6 is 11.6 Å². The zero-order chi connectivity index (χ0) is 14.8. The average Bonchev–Trinajstić information content (AvgIpc) is 2.17. The molecule has 0 bridgehead atoms. The van der Waals surface area contributed by atoms with Gasteiger partial charge in [0.15, 0.2) is 5.75 Å². The fraction of sp³-hybridized carbons (Fsp3) is 0.222. The van der Waals surface area contributed by atoms with Crippen molar-refractivity contribution >= 4 is 33.3 Å². The Bertz CT molecular complexity index is 600. The van der Waals surface area contributed by atoms with E-state index >= 15 is 0 Å². The summed E-state index contributed by atoms with van der Waals surface area (Å²) < 4.78 is 61.6. The topological polar surface area (TPSA) is 83.5 Å². The van der Waals surface area contributed by atoms with Crippen LogP contribution in [-0.4, -0.2) is 25.2 Å². The van der Waals surface area contributed by atoms with Crippen LogP contribution in [0.25, 0.3) is 0 Å². The van der Waals surface area contributed by atoms with Gasteiger partial charge >= 0.3 is 12.1 Å². The standard InChI is InChI=1S/C9H7ClF3NO4S/c10-6-2-1-5(9(11,12)13)3-7(6)14-19(17,18)4-8(15)16/h1-3,14H,4H2,(H,15,16). The van der Waals surface area contributed by atoms with Crippen molar-refractivity contribution in [1.29, 1.82) is 0 Å². The third-order valence-electron chi connectivity index (χ3n) is 1.87. The third kappa shape index (κ3) is 4.60. The molecule has 0 aliphatic rings. The molecule has 0 aliphatic heterocycles. The number of aliphatic carboxylic acids is 1. The highest BCUT2D eigenvalue weighted by atomic mass is 35.5. The Morgan fingerprint density at radius 3 is 2.42 bits per heavy atom. The van der Waals surface area contributed by atoms with E-state index in [2.05, 4.69) is 0 Å². The highest BCUT2D eigenvalue weighted by Crippen LogP contribution is 2.34. The van der Waals surface area contributed by atoms with E-state index in [1.54, 1.807) is 4.72 Å². The number of anilines is 1. The molecule has 0 spiro atoms. The van der Waals surface area contributed by atoms with Gasteiger partial charge in [0.25, 0.3) is 0 Å². The normalized spacial score (nSPS) is 12.2. The van der Waals surface area contributed by atoms with Crippen molar-refractivity contribution in [2.75, 3.05) is 10.5 Å². The third-order valence-corrected chi connectivity index (χ3v) is 3.36. The monoisotopic (exact) mass is 317 g/mol. The van der Waals surface area contributed by atoms with Gasteiger partial charge in [-0.25, -0.2) is 8.42 Å². The molecule has 19 heavy (non-hydrogen) atoms. The van der Waals surface area contributed by atoms with Crippen LogP contribution in [0.1, 0.15) is 5.56 Å². The number of halogens is 4. The molecule has 1 aromatic rings. The van der Waals surface area contributed by atoms with Gasteiger partial charge in [0.2, 0.25) is 10.0 Å². The lowest BCUT2D eigenvalue weighted by Gasteiger charge is -2.12. The van der Waals surface area contributed by atoms with Crippen molar-refractivity contribution in [2.45, 2.75) is 6.18 Å². The minimum Gasteiger partial charge on any atom is -0.480 e. The Kier molecular flexibility index (Phi) is 4.31. The summed E-state index contributed by atoms with van der Waals surface area (Å²) in [5.41, 5.74) is -1.64. The first kappa shape index (κ1) is 15.6. The molecule has 0 saturated carbocycles. The number of alkyl halides is 3. The second-order valence-electron chi connectivity index (χ2n) is 3.45. The van der Waals surface area contributed by atoms with Gasteiger partial charge in [-0.3, -0.25) is 9.52 Å². The molecule has 0 heterocycles. The SMILES string of the molecule is O=C(O)CS(=O)(=O)Nc1cc(C(F)(F)F)ccc1Cl. The van der Waals surface area contributed by atoms with Crippen LogP contribution in [0.15, 0.2) is 18.2 Å². The average molecular weight is 318 g/mol. The second-order valence-corrected chi connectivity index (χ2v) is 5.58. The molecule has 0 unspecified atom stereocenters. The van der Waals surface area contributed by atoms with Gasteiger partial charge in [0, 0.05) is 0 Å². The Morgan fingerprint density at radius 1 is 1.37 bits per heavy atom. The van der Waals surface area contributed by atoms with Crippen LogP contribution in [0.2, 0.25) is 5.02 Å². The number of carboxylic acids is 1. The summed E-state index contributed by atoms with van der Waals surface area (Å²) in [6.45, 7) is 0. The Hall–Kier alpha value is -1.48. The van der Waals surface area contributed by atoms with Crippen molar-refractivity contribution in [1.82, 2.24) is 0 Å². The summed E-state index contributed by atoms with van der Waals surface area (Å²) >= 11 is 5.55. The number of hydrogen-bond donors (Lipinski definition) is 2. The summed E-state index contributed by atoms with van der Waals surface area (Å²) in [4.78, 5) is 10.3. The van der Waals surface area contributed by atoms with E-state index in [1.165, 1.54) is 0 Å². The molecular formula is C9H7ClF3NO4S. The van der Waals surface area contributed by atoms with Gasteiger partial charge in [-0.15, -0.1) is 0 Å². The highest BCUT2D eigenvalue weighted by molar-refractivity contribution is 7.93. The second kappa shape index (κ2) is 5.25. The van der Waals surface area contributed by atoms with Crippen molar-refractivity contribution in [3.63, 3.8) is 0 Å². The minimum absolute atomic E-state index is 0.276. The molecule has 5 nitrogen and oxygen atoms in total. The van der Waals surface area contributed by atoms with Crippen LogP contribution in [-0.2, 0) is 21.0 Å². The summed E-state index contributed by atoms with van der Waals surface area (Å²) in [6, 6.07) is 2.03. The number of carboxylic acid groups (broad SMARTS) is 1. The minimum atomic E-state index is -4.67. The van der Waals surface area contributed by atoms with Crippen LogP contribution in [0, 0.1) is 0 Å². The Morgan fingerprint density at radius 2 is 1.95 bits per heavy atom. The molecule has 106 valence electrons. The predicted octanol–water partition coefficient (Wildman–Crippen LogP) is 2.19. The molecular weight excluding hydrogens is 311 g/mol. The van der Waals surface area contributed by atoms with Crippen molar-refractivity contribution < 1.29 is 31.5 Å². The summed E-state index contributed by atoms with van der Waals surface area (Å²) in [7, 11) is -4.32. The number of benzene rings is 1. The number of sulfonamides is 1. The zero-order valence-electron chi connectivity index (χ0n) is 9.03. The number of nitrogens with one attached hydrogen (secondary N) is 1. The highest BCUT2D eigenvalue weighted by Gasteiger charge is 2.31. The molecule has 10 heteroatoms. The number of hydrogen-bond acceptors (Lipinski definition) is 3. The maximum atomic E-state index is 12.4. The predicted molar refractivity (Wildman–Crippen MR) is 61.5 cm³/mol. The molecule has 0 saturated heterocycles. The fourth-order valence-electron chi connectivity index (χ4n) is 1.15. The smallest absolute Gasteiger partial charge is 0.416 e. The maximum absolute atomic E-state index is 12.4. The Labute approximate surface area is 111 Å². The van der Waals surface area contributed by atoms with Gasteiger partial charge in [-0.05, 0) is 18.2 Å². The first-order valence-electron chi connectivity index (χ1n) is 4.60. The van der Waals surface area contributed by atoms with Crippen LogP contribution in [0.5, 0.6) is 0 Å². The van der Waals surface area contributed by atoms with E-state index in [0.717, 1.165) is 6.07 Å². The number of rotatable bonds is 4. The molecule has 0 amide bonds. The van der Waals surface area contributed by atoms with Crippen LogP contribution < -0.4 is 4.72 Å². The zero-order valence-corrected chi connectivity index (χ0v) is 10.6. The molecule has 0 fully saturated rings. The molecule has 0 aliphatic carbocycles. The first-order valence-corrected chi connectivity index (χ1v) is 6.63. The van der Waals surface area contributed by atoms with E-state index in [1.807, 2.05) is 0 Å². The lowest BCUT2D eigenvalue weighted by atomic mass is 10.2. The van der Waals surface area contributed by atoms with E-state index in [-0.39, 0.29) is 5.02 Å². The molecule has 1 rings (SSSR count). The quantitative estimate of drug-likeness (QED) is 0.891. The first-order chi connectivity index (χ1) is 8.51.